The van der Waals surface area contributed by atoms with Gasteiger partial charge in [0.15, 0.2) is 5.54 Å². The minimum Gasteiger partial charge on any atom is -0.497 e. The van der Waals surface area contributed by atoms with Gasteiger partial charge in [-0.25, -0.2) is 18.2 Å². The van der Waals surface area contributed by atoms with Crippen molar-refractivity contribution < 1.29 is 46.6 Å². The number of nitrogens with zero attached hydrogens (tertiary/aromatic N) is 3. The van der Waals surface area contributed by atoms with Crippen LogP contribution in [0.5, 0.6) is 11.5 Å². The molecule has 4 fully saturated rings. The monoisotopic (exact) mass is 854 g/mol. The van der Waals surface area contributed by atoms with E-state index in [0.29, 0.717) is 53.8 Å². The molecule has 1 aliphatic heterocycles. The zero-order valence-corrected chi connectivity index (χ0v) is 35.0. The van der Waals surface area contributed by atoms with Gasteiger partial charge in [0.25, 0.3) is 5.91 Å². The number of carbonyl (C=O) groups excluding carboxylic acids is 5. The number of likely N-dealkylation sites (N-methyl/N-ethyl adjacent to an activating group) is 1. The second-order valence-electron chi connectivity index (χ2n) is 15.9. The molecule has 1 aromatic heterocycles. The summed E-state index contributed by atoms with van der Waals surface area (Å²) < 4.78 is 45.6. The standard InChI is InChI=1S/C44H50N6O10S/c1-5-28-25-44(28,42(54)48-61(56,57)32-17-18-32)47-40(52)37-23-31(59-38-24-35(27-12-8-7-9-13-27)45-36-22-30(58-4)16-19-33(36)38)26-50(37)41(53)34(20-21-49(3)39(51)6-2)46-43(55)60-29-14-10-11-15-29/h6-9,12-13,16,19,22,24,29,31-32,34,37H,1-2,10-11,14-15,17-18,20-21,23,25-26H2,3-4H3,(H,46,55)(H,47,52)(H,48,54)/t31-,34+,37+,44-/m1/s1. The van der Waals surface area contributed by atoms with Crippen molar-refractivity contribution in [2.24, 2.45) is 0 Å². The summed E-state index contributed by atoms with van der Waals surface area (Å²) in [6.07, 6.45) is 3.10. The van der Waals surface area contributed by atoms with E-state index in [2.05, 4.69) is 34.2 Å². The Morgan fingerprint density at radius 2 is 1.79 bits per heavy atom. The number of carbonyl (C=O) groups is 5. The van der Waals surface area contributed by atoms with Crippen LogP contribution in [0.15, 0.2) is 85.1 Å². The molecule has 7 rings (SSSR count). The molecule has 0 spiro atoms. The Hall–Kier alpha value is -6.19. The molecule has 0 unspecified atom stereocenters. The topological polar surface area (TPSA) is 203 Å². The highest BCUT2D eigenvalue weighted by Gasteiger charge is 2.60. The smallest absolute Gasteiger partial charge is 0.408 e. The molecule has 2 heterocycles. The molecule has 3 aliphatic carbocycles. The molecule has 322 valence electrons. The number of aromatic nitrogens is 1. The fourth-order valence-electron chi connectivity index (χ4n) is 7.89. The minimum atomic E-state index is -3.98. The number of fused-ring (bicyclic) bond motifs is 1. The number of nitrogens with one attached hydrogen (secondary N) is 3. The Morgan fingerprint density at radius 3 is 2.44 bits per heavy atom. The van der Waals surface area contributed by atoms with Gasteiger partial charge in [0.05, 0.1) is 30.1 Å². The van der Waals surface area contributed by atoms with Gasteiger partial charge in [-0.05, 0) is 63.2 Å². The third-order valence-corrected chi connectivity index (χ3v) is 13.4. The summed E-state index contributed by atoms with van der Waals surface area (Å²) in [7, 11) is -0.895. The summed E-state index contributed by atoms with van der Waals surface area (Å²) in [5.74, 6) is -1.76. The summed E-state index contributed by atoms with van der Waals surface area (Å²) in [6, 6.07) is 14.1. The molecular formula is C44H50N6O10S. The van der Waals surface area contributed by atoms with Crippen molar-refractivity contribution in [3.63, 3.8) is 0 Å². The molecule has 5 amide bonds. The van der Waals surface area contributed by atoms with Crippen molar-refractivity contribution in [2.75, 3.05) is 27.2 Å². The molecule has 61 heavy (non-hydrogen) atoms. The summed E-state index contributed by atoms with van der Waals surface area (Å²) in [5, 5.41) is 5.37. The largest absolute Gasteiger partial charge is 0.497 e. The number of pyridine rings is 1. The molecule has 3 saturated carbocycles. The maximum atomic E-state index is 14.8. The first kappa shape index (κ1) is 42.9. The van der Waals surface area contributed by atoms with Gasteiger partial charge >= 0.3 is 6.09 Å². The predicted octanol–water partition coefficient (Wildman–Crippen LogP) is 3.91. The first-order valence-electron chi connectivity index (χ1n) is 20.4. The molecule has 17 heteroatoms. The zero-order valence-electron chi connectivity index (χ0n) is 34.2. The molecular weight excluding hydrogens is 805 g/mol. The van der Waals surface area contributed by atoms with Crippen LogP contribution in [0.25, 0.3) is 22.2 Å². The summed E-state index contributed by atoms with van der Waals surface area (Å²) >= 11 is 0. The van der Waals surface area contributed by atoms with Crippen LogP contribution in [0.4, 0.5) is 4.79 Å². The summed E-state index contributed by atoms with van der Waals surface area (Å²) in [4.78, 5) is 76.1. The van der Waals surface area contributed by atoms with Crippen LogP contribution in [0.1, 0.15) is 57.8 Å². The average molecular weight is 855 g/mol. The van der Waals surface area contributed by atoms with Crippen molar-refractivity contribution in [1.82, 2.24) is 30.1 Å². The summed E-state index contributed by atoms with van der Waals surface area (Å²) in [5.41, 5.74) is 3.17. The van der Waals surface area contributed by atoms with Gasteiger partial charge in [-0.15, -0.1) is 5.73 Å². The fourth-order valence-corrected chi connectivity index (χ4v) is 9.25. The van der Waals surface area contributed by atoms with Gasteiger partial charge in [-0.2, -0.15) is 0 Å². The molecule has 2 aromatic carbocycles. The van der Waals surface area contributed by atoms with Crippen molar-refractivity contribution in [3.8, 4) is 22.8 Å². The second kappa shape index (κ2) is 17.8. The highest BCUT2D eigenvalue weighted by Crippen LogP contribution is 2.43. The van der Waals surface area contributed by atoms with Crippen LogP contribution < -0.4 is 24.8 Å². The number of sulfonamides is 1. The lowest BCUT2D eigenvalue weighted by molar-refractivity contribution is -0.141. The molecule has 3 N–H and O–H groups in total. The fraction of sp³-hybridized carbons (Fsp3) is 0.432. The highest BCUT2D eigenvalue weighted by molar-refractivity contribution is 7.91. The number of hydrogen-bond donors (Lipinski definition) is 3. The quantitative estimate of drug-likeness (QED) is 0.139. The number of amides is 5. The van der Waals surface area contributed by atoms with E-state index in [1.54, 1.807) is 31.4 Å². The van der Waals surface area contributed by atoms with Gasteiger partial charge in [0, 0.05) is 55.1 Å². The van der Waals surface area contributed by atoms with Gasteiger partial charge in [-0.3, -0.25) is 23.9 Å². The van der Waals surface area contributed by atoms with Crippen LogP contribution >= 0.6 is 0 Å². The van der Waals surface area contributed by atoms with E-state index in [9.17, 15) is 32.4 Å². The van der Waals surface area contributed by atoms with Gasteiger partial charge < -0.3 is 34.6 Å². The highest BCUT2D eigenvalue weighted by atomic mass is 32.2. The molecule has 1 saturated heterocycles. The lowest BCUT2D eigenvalue weighted by Crippen LogP contribution is -2.58. The number of alkyl carbamates (subject to hydrolysis) is 1. The molecule has 3 aromatic rings. The maximum Gasteiger partial charge on any atom is 0.408 e. The Kier molecular flexibility index (Phi) is 12.5. The molecule has 0 bridgehead atoms. The SMILES string of the molecule is C=C=C1C[C@]1(NC(=O)[C@@H]1C[C@@H](Oc2cc(-c3ccccc3)nc3cc(OC)ccc23)CN1C(=O)[C@H](CCN(C)C(=O)C=C)NC(=O)OC1CCCC1)C(=O)NS(=O)(=O)C1CC1. The van der Waals surface area contributed by atoms with E-state index < -0.39 is 68.7 Å². The van der Waals surface area contributed by atoms with Crippen LogP contribution in [0.3, 0.4) is 0 Å². The van der Waals surface area contributed by atoms with Crippen molar-refractivity contribution in [2.45, 2.75) is 92.9 Å². The van der Waals surface area contributed by atoms with Crippen molar-refractivity contribution in [3.05, 3.63) is 85.1 Å². The van der Waals surface area contributed by atoms with Crippen LogP contribution in [0, 0.1) is 0 Å². The Bertz CT molecular complexity index is 2390. The first-order chi connectivity index (χ1) is 29.2. The number of ether oxygens (including phenoxy) is 3. The minimum absolute atomic E-state index is 0.0373. The molecule has 0 radical (unpaired) electrons. The van der Waals surface area contributed by atoms with E-state index in [1.165, 1.54) is 16.8 Å². The number of benzene rings is 2. The number of likely N-dealkylation sites (tertiary alicyclic amines) is 1. The van der Waals surface area contributed by atoms with E-state index in [4.69, 9.17) is 19.2 Å². The number of methoxy groups -OCH3 is 1. The van der Waals surface area contributed by atoms with E-state index in [1.807, 2.05) is 30.3 Å². The lowest BCUT2D eigenvalue weighted by atomic mass is 10.1. The Labute approximate surface area is 354 Å². The molecule has 4 atom stereocenters. The predicted molar refractivity (Wildman–Crippen MR) is 225 cm³/mol. The number of rotatable bonds is 16. The van der Waals surface area contributed by atoms with Gasteiger partial charge in [-0.1, -0.05) is 43.5 Å². The third kappa shape index (κ3) is 9.58. The average Bonchev–Trinajstić information content (AvgIpc) is 4.14. The van der Waals surface area contributed by atoms with Crippen molar-refractivity contribution in [1.29, 1.82) is 0 Å². The molecule has 16 nitrogen and oxygen atoms in total. The van der Waals surface area contributed by atoms with Crippen LogP contribution in [-0.2, 0) is 33.9 Å². The van der Waals surface area contributed by atoms with Crippen LogP contribution in [0.2, 0.25) is 0 Å². The number of hydrogen-bond acceptors (Lipinski definition) is 11. The lowest BCUT2D eigenvalue weighted by Gasteiger charge is -2.30. The molecule has 4 aliphatic rings. The Balaban J connectivity index is 1.21. The third-order valence-electron chi connectivity index (χ3n) is 11.6. The van der Waals surface area contributed by atoms with E-state index in [0.717, 1.165) is 24.5 Å². The zero-order chi connectivity index (χ0) is 43.5. The van der Waals surface area contributed by atoms with Gasteiger partial charge in [0.1, 0.15) is 35.8 Å². The summed E-state index contributed by atoms with van der Waals surface area (Å²) in [6.45, 7) is 7.06. The first-order valence-corrected chi connectivity index (χ1v) is 21.9. The Morgan fingerprint density at radius 1 is 1.05 bits per heavy atom. The van der Waals surface area contributed by atoms with Crippen LogP contribution in [-0.4, -0.2) is 115 Å². The van der Waals surface area contributed by atoms with Gasteiger partial charge in [0.2, 0.25) is 27.7 Å². The van der Waals surface area contributed by atoms with E-state index >= 15 is 0 Å². The maximum absolute atomic E-state index is 14.8. The normalized spacial score (nSPS) is 21.5. The second-order valence-corrected chi connectivity index (χ2v) is 17.9. The van der Waals surface area contributed by atoms with E-state index in [-0.39, 0.29) is 44.0 Å². The van der Waals surface area contributed by atoms with Crippen molar-refractivity contribution >= 4 is 50.6 Å².